The van der Waals surface area contributed by atoms with Gasteiger partial charge in [-0.2, -0.15) is 0 Å². The van der Waals surface area contributed by atoms with Gasteiger partial charge >= 0.3 is 0 Å². The summed E-state index contributed by atoms with van der Waals surface area (Å²) in [5.74, 6) is -0.0229. The zero-order valence-corrected chi connectivity index (χ0v) is 8.57. The van der Waals surface area contributed by atoms with Crippen molar-refractivity contribution < 1.29 is 15.0 Å². The number of amides is 1. The molecule has 3 atom stereocenters. The maximum atomic E-state index is 11.2. The van der Waals surface area contributed by atoms with E-state index in [1.165, 1.54) is 0 Å². The summed E-state index contributed by atoms with van der Waals surface area (Å²) < 4.78 is 0. The van der Waals surface area contributed by atoms with Crippen molar-refractivity contribution in [3.8, 4) is 0 Å². The summed E-state index contributed by atoms with van der Waals surface area (Å²) in [6.45, 7) is 1.96. The van der Waals surface area contributed by atoms with Crippen molar-refractivity contribution in [2.75, 3.05) is 6.61 Å². The summed E-state index contributed by atoms with van der Waals surface area (Å²) in [5, 5.41) is 21.3. The van der Waals surface area contributed by atoms with Crippen molar-refractivity contribution in [1.29, 1.82) is 0 Å². The average Bonchev–Trinajstić information content (AvgIpc) is 2.46. The van der Waals surface area contributed by atoms with Gasteiger partial charge in [-0.05, 0) is 19.3 Å². The Hall–Kier alpha value is -0.610. The Labute approximate surface area is 84.3 Å². The van der Waals surface area contributed by atoms with Gasteiger partial charge in [0.2, 0.25) is 5.91 Å². The van der Waals surface area contributed by atoms with E-state index in [9.17, 15) is 9.90 Å². The lowest BCUT2D eigenvalue weighted by molar-refractivity contribution is -0.121. The smallest absolute Gasteiger partial charge is 0.220 e. The summed E-state index contributed by atoms with van der Waals surface area (Å²) in [6, 6.07) is 0.0428. The van der Waals surface area contributed by atoms with Crippen molar-refractivity contribution in [3.05, 3.63) is 0 Å². The first-order valence-electron chi connectivity index (χ1n) is 5.25. The molecule has 1 saturated carbocycles. The van der Waals surface area contributed by atoms with Gasteiger partial charge < -0.3 is 15.5 Å². The van der Waals surface area contributed by atoms with Gasteiger partial charge in [0.1, 0.15) is 0 Å². The van der Waals surface area contributed by atoms with Crippen LogP contribution in [0.2, 0.25) is 0 Å². The summed E-state index contributed by atoms with van der Waals surface area (Å²) in [7, 11) is 0. The summed E-state index contributed by atoms with van der Waals surface area (Å²) in [4.78, 5) is 11.2. The van der Waals surface area contributed by atoms with Crippen LogP contribution in [0.25, 0.3) is 0 Å². The van der Waals surface area contributed by atoms with E-state index in [0.717, 1.165) is 6.42 Å². The molecule has 1 aliphatic carbocycles. The van der Waals surface area contributed by atoms with E-state index in [1.54, 1.807) is 0 Å². The normalized spacial score (nSPS) is 31.8. The van der Waals surface area contributed by atoms with Crippen LogP contribution in [0.3, 0.4) is 0 Å². The highest BCUT2D eigenvalue weighted by Gasteiger charge is 2.32. The maximum absolute atomic E-state index is 11.2. The molecule has 0 saturated heterocycles. The minimum Gasteiger partial charge on any atom is -0.396 e. The van der Waals surface area contributed by atoms with Crippen molar-refractivity contribution in [1.82, 2.24) is 5.32 Å². The lowest BCUT2D eigenvalue weighted by Crippen LogP contribution is -2.33. The third kappa shape index (κ3) is 2.96. The quantitative estimate of drug-likeness (QED) is 0.601. The van der Waals surface area contributed by atoms with Crippen LogP contribution in [0.15, 0.2) is 0 Å². The SMILES string of the molecule is CCCC(=O)N[C@@H]1C[C@@H](CO)[C@H](O)C1. The zero-order chi connectivity index (χ0) is 10.6. The molecule has 0 heterocycles. The van der Waals surface area contributed by atoms with E-state index in [4.69, 9.17) is 5.11 Å². The van der Waals surface area contributed by atoms with E-state index in [-0.39, 0.29) is 24.5 Å². The molecule has 82 valence electrons. The second-order valence-electron chi connectivity index (χ2n) is 4.00. The number of hydrogen-bond donors (Lipinski definition) is 3. The fourth-order valence-corrected chi connectivity index (χ4v) is 1.94. The first-order chi connectivity index (χ1) is 6.67. The van der Waals surface area contributed by atoms with Crippen LogP contribution in [0.5, 0.6) is 0 Å². The van der Waals surface area contributed by atoms with Gasteiger partial charge in [-0.25, -0.2) is 0 Å². The third-order valence-corrected chi connectivity index (χ3v) is 2.73. The van der Waals surface area contributed by atoms with Gasteiger partial charge in [0, 0.05) is 25.0 Å². The number of rotatable bonds is 4. The number of aliphatic hydroxyl groups excluding tert-OH is 2. The van der Waals surface area contributed by atoms with Crippen LogP contribution in [0.1, 0.15) is 32.6 Å². The molecular weight excluding hydrogens is 182 g/mol. The van der Waals surface area contributed by atoms with Gasteiger partial charge in [0.25, 0.3) is 0 Å². The summed E-state index contributed by atoms with van der Waals surface area (Å²) in [5.41, 5.74) is 0. The fraction of sp³-hybridized carbons (Fsp3) is 0.900. The highest BCUT2D eigenvalue weighted by molar-refractivity contribution is 5.76. The van der Waals surface area contributed by atoms with Gasteiger partial charge in [-0.1, -0.05) is 6.92 Å². The van der Waals surface area contributed by atoms with E-state index >= 15 is 0 Å². The molecule has 0 radical (unpaired) electrons. The third-order valence-electron chi connectivity index (χ3n) is 2.73. The minimum absolute atomic E-state index is 0.00130. The Morgan fingerprint density at radius 1 is 1.50 bits per heavy atom. The van der Waals surface area contributed by atoms with Crippen molar-refractivity contribution in [2.45, 2.75) is 44.8 Å². The molecule has 14 heavy (non-hydrogen) atoms. The lowest BCUT2D eigenvalue weighted by Gasteiger charge is -2.11. The number of aliphatic hydroxyl groups is 2. The molecule has 3 N–H and O–H groups in total. The molecular formula is C10H19NO3. The molecule has 0 aromatic heterocycles. The first-order valence-corrected chi connectivity index (χ1v) is 5.25. The first kappa shape index (κ1) is 11.5. The van der Waals surface area contributed by atoms with Crippen LogP contribution in [-0.4, -0.2) is 34.9 Å². The van der Waals surface area contributed by atoms with Crippen molar-refractivity contribution >= 4 is 5.91 Å². The molecule has 1 aliphatic rings. The highest BCUT2D eigenvalue weighted by atomic mass is 16.3. The number of carbonyl (C=O) groups excluding carboxylic acids is 1. The Balaban J connectivity index is 2.31. The summed E-state index contributed by atoms with van der Waals surface area (Å²) >= 11 is 0. The number of nitrogens with one attached hydrogen (secondary N) is 1. The molecule has 0 unspecified atom stereocenters. The van der Waals surface area contributed by atoms with Crippen molar-refractivity contribution in [2.24, 2.45) is 5.92 Å². The van der Waals surface area contributed by atoms with E-state index in [2.05, 4.69) is 5.32 Å². The number of carbonyl (C=O) groups is 1. The van der Waals surface area contributed by atoms with Crippen LogP contribution in [0.4, 0.5) is 0 Å². The Morgan fingerprint density at radius 2 is 2.21 bits per heavy atom. The lowest BCUT2D eigenvalue weighted by atomic mass is 10.1. The average molecular weight is 201 g/mol. The monoisotopic (exact) mass is 201 g/mol. The second kappa shape index (κ2) is 5.32. The second-order valence-corrected chi connectivity index (χ2v) is 4.00. The standard InChI is InChI=1S/C10H19NO3/c1-2-3-10(14)11-8-4-7(6-12)9(13)5-8/h7-9,12-13H,2-6H2,1H3,(H,11,14)/t7-,8+,9+/m0/s1. The van der Waals surface area contributed by atoms with Gasteiger partial charge in [-0.15, -0.1) is 0 Å². The Kier molecular flexibility index (Phi) is 4.35. The Bertz CT molecular complexity index is 196. The topological polar surface area (TPSA) is 69.6 Å². The fourth-order valence-electron chi connectivity index (χ4n) is 1.94. The van der Waals surface area contributed by atoms with E-state index in [0.29, 0.717) is 19.3 Å². The van der Waals surface area contributed by atoms with Gasteiger partial charge in [0.15, 0.2) is 0 Å². The van der Waals surface area contributed by atoms with E-state index in [1.807, 2.05) is 6.92 Å². The minimum atomic E-state index is -0.466. The van der Waals surface area contributed by atoms with Crippen LogP contribution in [0, 0.1) is 5.92 Å². The molecule has 4 heteroatoms. The largest absolute Gasteiger partial charge is 0.396 e. The number of hydrogen-bond acceptors (Lipinski definition) is 3. The van der Waals surface area contributed by atoms with Crippen LogP contribution >= 0.6 is 0 Å². The van der Waals surface area contributed by atoms with Crippen LogP contribution in [-0.2, 0) is 4.79 Å². The van der Waals surface area contributed by atoms with Gasteiger partial charge in [-0.3, -0.25) is 4.79 Å². The predicted molar refractivity (Wildman–Crippen MR) is 52.7 cm³/mol. The zero-order valence-electron chi connectivity index (χ0n) is 8.57. The predicted octanol–water partition coefficient (Wildman–Crippen LogP) is 0.0345. The molecule has 1 fully saturated rings. The molecule has 0 aliphatic heterocycles. The molecule has 0 aromatic rings. The molecule has 0 spiro atoms. The highest BCUT2D eigenvalue weighted by Crippen LogP contribution is 2.25. The molecule has 0 aromatic carbocycles. The molecule has 1 amide bonds. The Morgan fingerprint density at radius 3 is 2.71 bits per heavy atom. The molecule has 0 bridgehead atoms. The summed E-state index contributed by atoms with van der Waals surface area (Å²) in [6.07, 6.45) is 2.17. The molecule has 4 nitrogen and oxygen atoms in total. The maximum Gasteiger partial charge on any atom is 0.220 e. The van der Waals surface area contributed by atoms with E-state index < -0.39 is 6.10 Å². The van der Waals surface area contributed by atoms with Gasteiger partial charge in [0.05, 0.1) is 6.10 Å². The van der Waals surface area contributed by atoms with Crippen molar-refractivity contribution in [3.63, 3.8) is 0 Å². The molecule has 1 rings (SSSR count). The van der Waals surface area contributed by atoms with Crippen LogP contribution < -0.4 is 5.32 Å².